The quantitative estimate of drug-likeness (QED) is 0.462. The van der Waals surface area contributed by atoms with E-state index in [1.54, 1.807) is 0 Å². The van der Waals surface area contributed by atoms with Crippen LogP contribution >= 0.6 is 0 Å². The summed E-state index contributed by atoms with van der Waals surface area (Å²) in [5.74, 6) is -1.28. The van der Waals surface area contributed by atoms with Crippen LogP contribution in [0.25, 0.3) is 0 Å². The molecule has 0 spiro atoms. The van der Waals surface area contributed by atoms with Gasteiger partial charge in [0.2, 0.25) is 0 Å². The molecule has 0 rings (SSSR count). The lowest BCUT2D eigenvalue weighted by atomic mass is 10.2. The molecule has 0 radical (unpaired) electrons. The van der Waals surface area contributed by atoms with Crippen LogP contribution in [0.1, 0.15) is 12.8 Å². The third kappa shape index (κ3) is 4.72. The summed E-state index contributed by atoms with van der Waals surface area (Å²) in [5.41, 5.74) is 0. The van der Waals surface area contributed by atoms with E-state index >= 15 is 0 Å². The summed E-state index contributed by atoms with van der Waals surface area (Å²) < 4.78 is 4.43. The van der Waals surface area contributed by atoms with Crippen LogP contribution < -0.4 is 0 Å². The van der Waals surface area contributed by atoms with Gasteiger partial charge in [0.15, 0.2) is 12.4 Å². The SMILES string of the molecule is COC(O)CCC(O)C(=O)O. The Morgan fingerprint density at radius 3 is 2.36 bits per heavy atom. The average molecular weight is 164 g/mol. The maximum atomic E-state index is 10.0. The molecule has 0 fully saturated rings. The van der Waals surface area contributed by atoms with Gasteiger partial charge in [0.1, 0.15) is 0 Å². The van der Waals surface area contributed by atoms with Crippen molar-refractivity contribution in [2.75, 3.05) is 7.11 Å². The van der Waals surface area contributed by atoms with Crippen molar-refractivity contribution in [2.24, 2.45) is 0 Å². The highest BCUT2D eigenvalue weighted by Crippen LogP contribution is 2.01. The number of aliphatic carboxylic acids is 1. The number of methoxy groups -OCH3 is 1. The molecular weight excluding hydrogens is 152 g/mol. The molecule has 0 heterocycles. The van der Waals surface area contributed by atoms with Gasteiger partial charge in [-0.3, -0.25) is 0 Å². The van der Waals surface area contributed by atoms with Crippen LogP contribution in [0.3, 0.4) is 0 Å². The molecule has 0 bridgehead atoms. The monoisotopic (exact) mass is 164 g/mol. The Labute approximate surface area is 64.2 Å². The molecule has 5 heteroatoms. The molecular formula is C6H12O5. The second kappa shape index (κ2) is 5.06. The number of carboxylic acid groups (broad SMARTS) is 1. The van der Waals surface area contributed by atoms with E-state index in [1.165, 1.54) is 7.11 Å². The van der Waals surface area contributed by atoms with Crippen molar-refractivity contribution < 1.29 is 24.9 Å². The molecule has 0 saturated heterocycles. The summed E-state index contributed by atoms with van der Waals surface area (Å²) in [4.78, 5) is 10.0. The lowest BCUT2D eigenvalue weighted by molar-refractivity contribution is -0.148. The summed E-state index contributed by atoms with van der Waals surface area (Å²) in [5, 5.41) is 25.7. The standard InChI is InChI=1S/C6H12O5/c1-11-5(8)3-2-4(7)6(9)10/h4-5,7-8H,2-3H2,1H3,(H,9,10). The predicted octanol–water partition coefficient (Wildman–Crippen LogP) is -0.823. The van der Waals surface area contributed by atoms with Crippen LogP contribution in [0.4, 0.5) is 0 Å². The molecule has 3 N–H and O–H groups in total. The highest BCUT2D eigenvalue weighted by atomic mass is 16.6. The Balaban J connectivity index is 3.45. The zero-order chi connectivity index (χ0) is 8.85. The molecule has 5 nitrogen and oxygen atoms in total. The van der Waals surface area contributed by atoms with Gasteiger partial charge < -0.3 is 20.1 Å². The second-order valence-electron chi connectivity index (χ2n) is 2.12. The maximum absolute atomic E-state index is 10.0. The number of aliphatic hydroxyl groups excluding tert-OH is 2. The second-order valence-corrected chi connectivity index (χ2v) is 2.12. The summed E-state index contributed by atoms with van der Waals surface area (Å²) in [6, 6.07) is 0. The van der Waals surface area contributed by atoms with E-state index < -0.39 is 18.4 Å². The van der Waals surface area contributed by atoms with E-state index in [1.807, 2.05) is 0 Å². The van der Waals surface area contributed by atoms with Crippen LogP contribution in [-0.4, -0.2) is 40.8 Å². The number of carbonyl (C=O) groups is 1. The molecule has 11 heavy (non-hydrogen) atoms. The zero-order valence-electron chi connectivity index (χ0n) is 6.23. The molecule has 2 unspecified atom stereocenters. The lowest BCUT2D eigenvalue weighted by Crippen LogP contribution is -2.22. The van der Waals surface area contributed by atoms with Crippen LogP contribution in [-0.2, 0) is 9.53 Å². The molecule has 0 aliphatic heterocycles. The van der Waals surface area contributed by atoms with Gasteiger partial charge in [-0.15, -0.1) is 0 Å². The first-order valence-corrected chi connectivity index (χ1v) is 3.19. The number of hydrogen-bond acceptors (Lipinski definition) is 4. The van der Waals surface area contributed by atoms with Crippen molar-refractivity contribution in [3.63, 3.8) is 0 Å². The molecule has 2 atom stereocenters. The van der Waals surface area contributed by atoms with E-state index in [2.05, 4.69) is 4.74 Å². The van der Waals surface area contributed by atoms with Crippen molar-refractivity contribution in [3.8, 4) is 0 Å². The van der Waals surface area contributed by atoms with Gasteiger partial charge in [0.25, 0.3) is 0 Å². The number of rotatable bonds is 5. The topological polar surface area (TPSA) is 87.0 Å². The summed E-state index contributed by atoms with van der Waals surface area (Å²) in [6.45, 7) is 0. The number of hydrogen-bond donors (Lipinski definition) is 3. The van der Waals surface area contributed by atoms with Crippen LogP contribution in [0.5, 0.6) is 0 Å². The molecule has 0 amide bonds. The first kappa shape index (κ1) is 10.3. The van der Waals surface area contributed by atoms with E-state index in [0.29, 0.717) is 0 Å². The van der Waals surface area contributed by atoms with E-state index in [9.17, 15) is 4.79 Å². The Bertz CT molecular complexity index is 124. The fraction of sp³-hybridized carbons (Fsp3) is 0.833. The first-order chi connectivity index (χ1) is 5.07. The fourth-order valence-corrected chi connectivity index (χ4v) is 0.542. The molecule has 0 aromatic heterocycles. The maximum Gasteiger partial charge on any atom is 0.332 e. The fourth-order valence-electron chi connectivity index (χ4n) is 0.542. The van der Waals surface area contributed by atoms with Gasteiger partial charge in [0, 0.05) is 13.5 Å². The number of carboxylic acids is 1. The largest absolute Gasteiger partial charge is 0.479 e. The molecule has 0 aromatic carbocycles. The minimum Gasteiger partial charge on any atom is -0.479 e. The van der Waals surface area contributed by atoms with Crippen LogP contribution in [0.15, 0.2) is 0 Å². The first-order valence-electron chi connectivity index (χ1n) is 3.19. The van der Waals surface area contributed by atoms with Gasteiger partial charge in [-0.2, -0.15) is 0 Å². The molecule has 0 aromatic rings. The minimum atomic E-state index is -1.42. The minimum absolute atomic E-state index is 0.00958. The van der Waals surface area contributed by atoms with Gasteiger partial charge >= 0.3 is 5.97 Å². The van der Waals surface area contributed by atoms with Crippen molar-refractivity contribution >= 4 is 5.97 Å². The lowest BCUT2D eigenvalue weighted by Gasteiger charge is -2.09. The Morgan fingerprint density at radius 1 is 1.45 bits per heavy atom. The van der Waals surface area contributed by atoms with E-state index in [0.717, 1.165) is 0 Å². The summed E-state index contributed by atoms with van der Waals surface area (Å²) >= 11 is 0. The third-order valence-electron chi connectivity index (χ3n) is 1.24. The Morgan fingerprint density at radius 2 is 2.00 bits per heavy atom. The van der Waals surface area contributed by atoms with E-state index in [4.69, 9.17) is 15.3 Å². The average Bonchev–Trinajstić information content (AvgIpc) is 1.99. The highest BCUT2D eigenvalue weighted by Gasteiger charge is 2.14. The third-order valence-corrected chi connectivity index (χ3v) is 1.24. The van der Waals surface area contributed by atoms with Crippen LogP contribution in [0, 0.1) is 0 Å². The van der Waals surface area contributed by atoms with Gasteiger partial charge in [-0.1, -0.05) is 0 Å². The molecule has 0 saturated carbocycles. The van der Waals surface area contributed by atoms with Crippen molar-refractivity contribution in [2.45, 2.75) is 25.2 Å². The van der Waals surface area contributed by atoms with Gasteiger partial charge in [0.05, 0.1) is 0 Å². The van der Waals surface area contributed by atoms with Crippen molar-refractivity contribution in [3.05, 3.63) is 0 Å². The van der Waals surface area contributed by atoms with E-state index in [-0.39, 0.29) is 12.8 Å². The summed E-state index contributed by atoms with van der Waals surface area (Å²) in [7, 11) is 1.30. The van der Waals surface area contributed by atoms with Crippen molar-refractivity contribution in [1.29, 1.82) is 0 Å². The summed E-state index contributed by atoms with van der Waals surface area (Å²) in [6.07, 6.45) is -2.31. The molecule has 0 aliphatic carbocycles. The molecule has 0 aliphatic rings. The smallest absolute Gasteiger partial charge is 0.332 e. The van der Waals surface area contributed by atoms with Gasteiger partial charge in [-0.25, -0.2) is 4.79 Å². The van der Waals surface area contributed by atoms with Crippen LogP contribution in [0.2, 0.25) is 0 Å². The Hall–Kier alpha value is -0.650. The Kier molecular flexibility index (Phi) is 4.76. The van der Waals surface area contributed by atoms with Crippen molar-refractivity contribution in [1.82, 2.24) is 0 Å². The number of aliphatic hydroxyl groups is 2. The number of ether oxygens (including phenoxy) is 1. The molecule has 66 valence electrons. The normalized spacial score (nSPS) is 15.9. The zero-order valence-corrected chi connectivity index (χ0v) is 6.23. The van der Waals surface area contributed by atoms with Gasteiger partial charge in [-0.05, 0) is 6.42 Å². The highest BCUT2D eigenvalue weighted by molar-refractivity contribution is 5.71. The predicted molar refractivity (Wildman–Crippen MR) is 35.9 cm³/mol.